The molecule has 0 aliphatic carbocycles. The Hall–Kier alpha value is -5.42. The Morgan fingerprint density at radius 3 is 2.08 bits per heavy atom. The van der Waals surface area contributed by atoms with E-state index in [2.05, 4.69) is 30.3 Å². The van der Waals surface area contributed by atoms with Crippen LogP contribution in [0, 0.1) is 0 Å². The highest BCUT2D eigenvalue weighted by molar-refractivity contribution is 7.88. The molecule has 9 aromatic rings. The van der Waals surface area contributed by atoms with Crippen LogP contribution in [-0.4, -0.2) is 13.9 Å². The number of rotatable bonds is 6. The van der Waals surface area contributed by atoms with Crippen molar-refractivity contribution in [2.75, 3.05) is 4.90 Å². The predicted octanol–water partition coefficient (Wildman–Crippen LogP) is 12.9. The van der Waals surface area contributed by atoms with Crippen molar-refractivity contribution in [1.29, 1.82) is 0 Å². The second-order valence-electron chi connectivity index (χ2n) is 12.1. The van der Waals surface area contributed by atoms with Crippen LogP contribution >= 0.6 is 22.7 Å². The lowest BCUT2D eigenvalue weighted by Gasteiger charge is -2.27. The number of para-hydroxylation sites is 1. The van der Waals surface area contributed by atoms with Gasteiger partial charge in [-0.25, -0.2) is 0 Å². The number of anilines is 3. The molecule has 9 rings (SSSR count). The third kappa shape index (κ3) is 5.38. The van der Waals surface area contributed by atoms with Crippen molar-refractivity contribution < 1.29 is 25.8 Å². The monoisotopic (exact) mass is 731 g/mol. The summed E-state index contributed by atoms with van der Waals surface area (Å²) >= 11 is 3.20. The minimum Gasteiger partial charge on any atom is -0.376 e. The van der Waals surface area contributed by atoms with E-state index in [-0.39, 0.29) is 0 Å². The Morgan fingerprint density at radius 2 is 1.25 bits per heavy atom. The second kappa shape index (κ2) is 11.8. The number of nitrogens with zero attached hydrogens (tertiary/aromatic N) is 1. The number of hydrogen-bond donors (Lipinski definition) is 0. The van der Waals surface area contributed by atoms with E-state index in [0.717, 1.165) is 58.1 Å². The molecule has 0 saturated carbocycles. The minimum absolute atomic E-state index is 0.437. The molecule has 7 aromatic carbocycles. The van der Waals surface area contributed by atoms with Gasteiger partial charge in [-0.2, -0.15) is 21.6 Å². The Labute approximate surface area is 298 Å². The first kappa shape index (κ1) is 31.6. The van der Waals surface area contributed by atoms with Crippen LogP contribution < -0.4 is 9.08 Å². The fourth-order valence-corrected chi connectivity index (χ4v) is 9.54. The normalized spacial score (nSPS) is 12.4. The van der Waals surface area contributed by atoms with Crippen LogP contribution in [0.3, 0.4) is 0 Å². The molecule has 0 amide bonds. The highest BCUT2D eigenvalue weighted by atomic mass is 32.2. The van der Waals surface area contributed by atoms with Crippen LogP contribution in [0.5, 0.6) is 5.75 Å². The van der Waals surface area contributed by atoms with Gasteiger partial charge in [-0.15, -0.1) is 22.7 Å². The van der Waals surface area contributed by atoms with Crippen LogP contribution in [-0.2, 0) is 10.1 Å². The van der Waals surface area contributed by atoms with Gasteiger partial charge in [-0.05, 0) is 70.4 Å². The van der Waals surface area contributed by atoms with E-state index in [9.17, 15) is 21.6 Å². The number of benzene rings is 7. The number of alkyl halides is 3. The van der Waals surface area contributed by atoms with Crippen LogP contribution in [0.25, 0.3) is 62.2 Å². The maximum Gasteiger partial charge on any atom is 0.534 e. The average molecular weight is 732 g/mol. The summed E-state index contributed by atoms with van der Waals surface area (Å²) in [6.45, 7) is 0. The van der Waals surface area contributed by atoms with Gasteiger partial charge in [0, 0.05) is 53.1 Å². The minimum atomic E-state index is -5.96. The lowest BCUT2D eigenvalue weighted by atomic mass is 10.0. The SMILES string of the molecule is O=S(=O)(Oc1cc(N(c2ccccc2)c2ccc3ccccc3c2)c2sc3ccc(-c4cccc5c4sc4ccccc45)cc3c2c1)C(F)(F)F. The average Bonchev–Trinajstić information content (AvgIpc) is 3.70. The van der Waals surface area contributed by atoms with E-state index in [1.807, 2.05) is 108 Å². The molecule has 51 heavy (non-hydrogen) atoms. The van der Waals surface area contributed by atoms with E-state index >= 15 is 0 Å². The first-order chi connectivity index (χ1) is 24.6. The molecule has 0 unspecified atom stereocenters. The molecule has 0 N–H and O–H groups in total. The molecule has 0 bridgehead atoms. The summed E-state index contributed by atoms with van der Waals surface area (Å²) in [6, 6.07) is 46.6. The van der Waals surface area contributed by atoms with Crippen LogP contribution in [0.2, 0.25) is 0 Å². The molecule has 0 aliphatic rings. The van der Waals surface area contributed by atoms with Gasteiger partial charge in [0.2, 0.25) is 0 Å². The molecule has 0 fully saturated rings. The highest BCUT2D eigenvalue weighted by Crippen LogP contribution is 2.49. The summed E-state index contributed by atoms with van der Waals surface area (Å²) in [7, 11) is -5.96. The molecule has 250 valence electrons. The first-order valence-corrected chi connectivity index (χ1v) is 18.9. The van der Waals surface area contributed by atoms with Gasteiger partial charge in [-0.3, -0.25) is 0 Å². The Kier molecular flexibility index (Phi) is 7.32. The van der Waals surface area contributed by atoms with Crippen molar-refractivity contribution in [1.82, 2.24) is 0 Å². The number of thiophene rings is 2. The van der Waals surface area contributed by atoms with E-state index in [4.69, 9.17) is 4.18 Å². The number of hydrogen-bond acceptors (Lipinski definition) is 6. The maximum atomic E-state index is 13.7. The Morgan fingerprint density at radius 1 is 0.549 bits per heavy atom. The molecular formula is C41H24F3NO3S3. The third-order valence-electron chi connectivity index (χ3n) is 8.98. The number of fused-ring (bicyclic) bond motifs is 7. The molecule has 0 saturated heterocycles. The summed E-state index contributed by atoms with van der Waals surface area (Å²) in [5.41, 5.74) is -1.68. The fourth-order valence-electron chi connectivity index (χ4n) is 6.68. The largest absolute Gasteiger partial charge is 0.534 e. The molecule has 10 heteroatoms. The molecule has 0 aliphatic heterocycles. The standard InChI is InChI=1S/C41H24F3NO3S3/c42-41(43,44)51(46,47)48-30-23-35-34-22-27(31-14-8-15-33-32-13-6-7-16-37(32)49-39(31)33)18-20-38(34)50-40(35)36(24-30)45(28-11-2-1-3-12-28)29-19-17-25-9-4-5-10-26(25)21-29/h1-24H. The van der Waals surface area contributed by atoms with Crippen molar-refractivity contribution >= 4 is 101 Å². The van der Waals surface area contributed by atoms with E-state index in [1.54, 1.807) is 11.3 Å². The van der Waals surface area contributed by atoms with Gasteiger partial charge in [0.1, 0.15) is 5.75 Å². The maximum absolute atomic E-state index is 13.7. The van der Waals surface area contributed by atoms with Gasteiger partial charge >= 0.3 is 15.6 Å². The molecule has 0 spiro atoms. The van der Waals surface area contributed by atoms with E-state index in [1.165, 1.54) is 33.6 Å². The summed E-state index contributed by atoms with van der Waals surface area (Å²) < 4.78 is 74.7. The summed E-state index contributed by atoms with van der Waals surface area (Å²) in [4.78, 5) is 1.93. The zero-order valence-electron chi connectivity index (χ0n) is 26.4. The van der Waals surface area contributed by atoms with Crippen molar-refractivity contribution in [3.05, 3.63) is 146 Å². The molecular weight excluding hydrogens is 708 g/mol. The molecule has 2 aromatic heterocycles. The van der Waals surface area contributed by atoms with Gasteiger partial charge in [0.05, 0.1) is 10.4 Å². The molecule has 4 nitrogen and oxygen atoms in total. The zero-order chi connectivity index (χ0) is 34.9. The first-order valence-electron chi connectivity index (χ1n) is 15.9. The fraction of sp³-hybridized carbons (Fsp3) is 0.0244. The van der Waals surface area contributed by atoms with Gasteiger partial charge in [-0.1, -0.05) is 91.0 Å². The summed E-state index contributed by atoms with van der Waals surface area (Å²) in [5, 5.41) is 5.66. The second-order valence-corrected chi connectivity index (χ2v) is 15.7. The van der Waals surface area contributed by atoms with Gasteiger partial charge in [0.15, 0.2) is 0 Å². The smallest absolute Gasteiger partial charge is 0.376 e. The van der Waals surface area contributed by atoms with Crippen LogP contribution in [0.15, 0.2) is 146 Å². The van der Waals surface area contributed by atoms with E-state index in [0.29, 0.717) is 11.1 Å². The van der Waals surface area contributed by atoms with Gasteiger partial charge < -0.3 is 9.08 Å². The molecule has 0 atom stereocenters. The lowest BCUT2D eigenvalue weighted by Crippen LogP contribution is -2.28. The van der Waals surface area contributed by atoms with E-state index < -0.39 is 21.4 Å². The quantitative estimate of drug-likeness (QED) is 0.126. The molecule has 2 heterocycles. The predicted molar refractivity (Wildman–Crippen MR) is 205 cm³/mol. The Bertz CT molecular complexity index is 2920. The summed E-state index contributed by atoms with van der Waals surface area (Å²) in [5.74, 6) is -0.437. The van der Waals surface area contributed by atoms with Crippen molar-refractivity contribution in [2.45, 2.75) is 5.51 Å². The number of halogens is 3. The van der Waals surface area contributed by atoms with Crippen LogP contribution in [0.4, 0.5) is 30.2 Å². The van der Waals surface area contributed by atoms with Crippen molar-refractivity contribution in [3.8, 4) is 16.9 Å². The highest BCUT2D eigenvalue weighted by Gasteiger charge is 2.48. The zero-order valence-corrected chi connectivity index (χ0v) is 28.8. The van der Waals surface area contributed by atoms with Crippen molar-refractivity contribution in [2.24, 2.45) is 0 Å². The summed E-state index contributed by atoms with van der Waals surface area (Å²) in [6.07, 6.45) is 0. The Balaban J connectivity index is 1.31. The molecule has 0 radical (unpaired) electrons. The van der Waals surface area contributed by atoms with Gasteiger partial charge in [0.25, 0.3) is 0 Å². The third-order valence-corrected chi connectivity index (χ3v) is 12.4. The lowest BCUT2D eigenvalue weighted by molar-refractivity contribution is -0.0500. The van der Waals surface area contributed by atoms with Crippen LogP contribution in [0.1, 0.15) is 0 Å². The van der Waals surface area contributed by atoms with Crippen molar-refractivity contribution in [3.63, 3.8) is 0 Å². The topological polar surface area (TPSA) is 46.6 Å².